The molecule has 0 aliphatic carbocycles. The highest BCUT2D eigenvalue weighted by molar-refractivity contribution is 6.10. The van der Waals surface area contributed by atoms with Gasteiger partial charge in [0.1, 0.15) is 5.75 Å². The van der Waals surface area contributed by atoms with Crippen LogP contribution in [0.2, 0.25) is 0 Å². The first-order valence-electron chi connectivity index (χ1n) is 7.58. The zero-order valence-electron chi connectivity index (χ0n) is 13.4. The van der Waals surface area contributed by atoms with Crippen molar-refractivity contribution in [3.05, 3.63) is 65.2 Å². The topological polar surface area (TPSA) is 52.6 Å². The minimum absolute atomic E-state index is 0.0629. The predicted molar refractivity (Wildman–Crippen MR) is 87.8 cm³/mol. The summed E-state index contributed by atoms with van der Waals surface area (Å²) in [5.74, 6) is 0.392. The average molecular weight is 312 g/mol. The van der Waals surface area contributed by atoms with Gasteiger partial charge < -0.3 is 9.47 Å². The third-order valence-electron chi connectivity index (χ3n) is 3.52. The second kappa shape index (κ2) is 8.13. The third kappa shape index (κ3) is 4.42. The van der Waals surface area contributed by atoms with Crippen LogP contribution in [-0.2, 0) is 16.0 Å². The van der Waals surface area contributed by atoms with Gasteiger partial charge in [-0.25, -0.2) is 0 Å². The summed E-state index contributed by atoms with van der Waals surface area (Å²) in [5, 5.41) is 0. The number of ketones is 1. The fraction of sp³-hybridized carbons (Fsp3) is 0.263. The van der Waals surface area contributed by atoms with Gasteiger partial charge in [-0.2, -0.15) is 0 Å². The van der Waals surface area contributed by atoms with E-state index < -0.39 is 0 Å². The Morgan fingerprint density at radius 1 is 1.00 bits per heavy atom. The van der Waals surface area contributed by atoms with E-state index in [9.17, 15) is 9.59 Å². The Labute approximate surface area is 136 Å². The van der Waals surface area contributed by atoms with Gasteiger partial charge in [0.25, 0.3) is 0 Å². The van der Waals surface area contributed by atoms with Crippen LogP contribution in [0.1, 0.15) is 34.8 Å². The summed E-state index contributed by atoms with van der Waals surface area (Å²) in [7, 11) is 1.58. The van der Waals surface area contributed by atoms with E-state index in [-0.39, 0.29) is 18.2 Å². The fourth-order valence-corrected chi connectivity index (χ4v) is 2.33. The van der Waals surface area contributed by atoms with Gasteiger partial charge in [-0.05, 0) is 43.2 Å². The summed E-state index contributed by atoms with van der Waals surface area (Å²) in [5.41, 5.74) is 2.05. The number of rotatable bonds is 7. The first-order chi connectivity index (χ1) is 11.2. The number of esters is 1. The van der Waals surface area contributed by atoms with Gasteiger partial charge in [0.15, 0.2) is 5.78 Å². The molecule has 0 bridgehead atoms. The van der Waals surface area contributed by atoms with E-state index in [1.54, 1.807) is 44.4 Å². The Kier molecular flexibility index (Phi) is 5.92. The van der Waals surface area contributed by atoms with Gasteiger partial charge in [-0.15, -0.1) is 0 Å². The Morgan fingerprint density at radius 3 is 2.35 bits per heavy atom. The van der Waals surface area contributed by atoms with E-state index in [1.165, 1.54) is 0 Å². The van der Waals surface area contributed by atoms with Crippen molar-refractivity contribution in [3.8, 4) is 5.75 Å². The number of carbonyl (C=O) groups excluding carboxylic acids is 2. The highest BCUT2D eigenvalue weighted by atomic mass is 16.5. The van der Waals surface area contributed by atoms with Crippen LogP contribution < -0.4 is 4.74 Å². The number of carbonyl (C=O) groups is 2. The molecule has 0 heterocycles. The lowest BCUT2D eigenvalue weighted by Crippen LogP contribution is -2.09. The summed E-state index contributed by atoms with van der Waals surface area (Å²) in [6, 6.07) is 14.3. The van der Waals surface area contributed by atoms with Gasteiger partial charge in [0, 0.05) is 17.5 Å². The SMILES string of the molecule is CCOC(=O)CCc1ccccc1C(=O)c1ccc(OC)cc1. The van der Waals surface area contributed by atoms with Crippen LogP contribution >= 0.6 is 0 Å². The highest BCUT2D eigenvalue weighted by Crippen LogP contribution is 2.19. The first-order valence-corrected chi connectivity index (χ1v) is 7.58. The molecule has 4 nitrogen and oxygen atoms in total. The Bertz CT molecular complexity index is 674. The maximum atomic E-state index is 12.7. The molecule has 2 rings (SSSR count). The van der Waals surface area contributed by atoms with Crippen molar-refractivity contribution >= 4 is 11.8 Å². The maximum absolute atomic E-state index is 12.7. The monoisotopic (exact) mass is 312 g/mol. The molecule has 0 atom stereocenters. The van der Waals surface area contributed by atoms with E-state index in [0.717, 1.165) is 5.56 Å². The van der Waals surface area contributed by atoms with E-state index in [2.05, 4.69) is 0 Å². The number of hydrogen-bond donors (Lipinski definition) is 0. The maximum Gasteiger partial charge on any atom is 0.306 e. The van der Waals surface area contributed by atoms with Crippen molar-refractivity contribution < 1.29 is 19.1 Å². The second-order valence-corrected chi connectivity index (χ2v) is 5.02. The Hall–Kier alpha value is -2.62. The largest absolute Gasteiger partial charge is 0.497 e. The summed E-state index contributed by atoms with van der Waals surface area (Å²) in [4.78, 5) is 24.2. The number of benzene rings is 2. The van der Waals surface area contributed by atoms with Crippen LogP contribution in [0.15, 0.2) is 48.5 Å². The molecule has 23 heavy (non-hydrogen) atoms. The molecule has 2 aromatic rings. The third-order valence-corrected chi connectivity index (χ3v) is 3.52. The van der Waals surface area contributed by atoms with Crippen LogP contribution in [0.5, 0.6) is 5.75 Å². The standard InChI is InChI=1S/C19H20O4/c1-3-23-18(20)13-10-14-6-4-5-7-17(14)19(21)15-8-11-16(22-2)12-9-15/h4-9,11-12H,3,10,13H2,1-2H3. The molecule has 0 saturated heterocycles. The molecule has 4 heteroatoms. The minimum atomic E-state index is -0.251. The predicted octanol–water partition coefficient (Wildman–Crippen LogP) is 3.42. The van der Waals surface area contributed by atoms with E-state index in [0.29, 0.717) is 29.9 Å². The van der Waals surface area contributed by atoms with Crippen LogP contribution in [0, 0.1) is 0 Å². The quantitative estimate of drug-likeness (QED) is 0.580. The molecule has 0 aromatic heterocycles. The number of ether oxygens (including phenoxy) is 2. The van der Waals surface area contributed by atoms with E-state index >= 15 is 0 Å². The molecular formula is C19H20O4. The Morgan fingerprint density at radius 2 is 1.70 bits per heavy atom. The molecule has 120 valence electrons. The normalized spacial score (nSPS) is 10.2. The molecule has 0 spiro atoms. The summed E-state index contributed by atoms with van der Waals surface area (Å²) in [6.45, 7) is 2.14. The lowest BCUT2D eigenvalue weighted by Gasteiger charge is -2.09. The number of aryl methyl sites for hydroxylation is 1. The second-order valence-electron chi connectivity index (χ2n) is 5.02. The summed E-state index contributed by atoms with van der Waals surface area (Å²) >= 11 is 0. The van der Waals surface area contributed by atoms with Gasteiger partial charge in [0.2, 0.25) is 0 Å². The van der Waals surface area contributed by atoms with Crippen molar-refractivity contribution in [2.45, 2.75) is 19.8 Å². The zero-order valence-corrected chi connectivity index (χ0v) is 13.4. The van der Waals surface area contributed by atoms with Gasteiger partial charge in [-0.3, -0.25) is 9.59 Å². The van der Waals surface area contributed by atoms with Crippen molar-refractivity contribution in [2.75, 3.05) is 13.7 Å². The van der Waals surface area contributed by atoms with Gasteiger partial charge >= 0.3 is 5.97 Å². The molecule has 0 saturated carbocycles. The van der Waals surface area contributed by atoms with Crippen molar-refractivity contribution in [2.24, 2.45) is 0 Å². The Balaban J connectivity index is 2.18. The zero-order chi connectivity index (χ0) is 16.7. The van der Waals surface area contributed by atoms with Crippen molar-refractivity contribution in [1.82, 2.24) is 0 Å². The van der Waals surface area contributed by atoms with Crippen LogP contribution in [-0.4, -0.2) is 25.5 Å². The molecule has 0 N–H and O–H groups in total. The van der Waals surface area contributed by atoms with Crippen LogP contribution in [0.3, 0.4) is 0 Å². The average Bonchev–Trinajstić information content (AvgIpc) is 2.60. The molecular weight excluding hydrogens is 292 g/mol. The van der Waals surface area contributed by atoms with E-state index in [1.807, 2.05) is 18.2 Å². The van der Waals surface area contributed by atoms with Gasteiger partial charge in [0.05, 0.1) is 13.7 Å². The number of methoxy groups -OCH3 is 1. The van der Waals surface area contributed by atoms with Crippen LogP contribution in [0.25, 0.3) is 0 Å². The lowest BCUT2D eigenvalue weighted by atomic mass is 9.96. The molecule has 0 fully saturated rings. The molecule has 0 aliphatic heterocycles. The highest BCUT2D eigenvalue weighted by Gasteiger charge is 2.14. The molecule has 0 amide bonds. The van der Waals surface area contributed by atoms with Crippen molar-refractivity contribution in [3.63, 3.8) is 0 Å². The first kappa shape index (κ1) is 16.7. The summed E-state index contributed by atoms with van der Waals surface area (Å²) < 4.78 is 10.0. The molecule has 0 radical (unpaired) electrons. The van der Waals surface area contributed by atoms with Crippen LogP contribution in [0.4, 0.5) is 0 Å². The minimum Gasteiger partial charge on any atom is -0.497 e. The molecule has 2 aromatic carbocycles. The number of hydrogen-bond acceptors (Lipinski definition) is 4. The lowest BCUT2D eigenvalue weighted by molar-refractivity contribution is -0.143. The molecule has 0 aliphatic rings. The van der Waals surface area contributed by atoms with Gasteiger partial charge in [-0.1, -0.05) is 24.3 Å². The van der Waals surface area contributed by atoms with E-state index in [4.69, 9.17) is 9.47 Å². The molecule has 0 unspecified atom stereocenters. The summed E-state index contributed by atoms with van der Waals surface area (Å²) in [6.07, 6.45) is 0.748. The fourth-order valence-electron chi connectivity index (χ4n) is 2.33. The van der Waals surface area contributed by atoms with Crippen molar-refractivity contribution in [1.29, 1.82) is 0 Å². The smallest absolute Gasteiger partial charge is 0.306 e.